The zero-order valence-corrected chi connectivity index (χ0v) is 15.6. The Hall–Kier alpha value is -3.40. The lowest BCUT2D eigenvalue weighted by atomic mass is 9.94. The van der Waals surface area contributed by atoms with Crippen molar-refractivity contribution in [3.05, 3.63) is 76.9 Å². The molecular formula is C18H16N2O7S. The summed E-state index contributed by atoms with van der Waals surface area (Å²) in [5.41, 5.74) is -1.10. The summed E-state index contributed by atoms with van der Waals surface area (Å²) in [5.74, 6) is 0.586. The Morgan fingerprint density at radius 2 is 1.82 bits per heavy atom. The number of benzene rings is 2. The summed E-state index contributed by atoms with van der Waals surface area (Å²) in [5, 5.41) is 10.7. The van der Waals surface area contributed by atoms with Crippen molar-refractivity contribution in [1.29, 1.82) is 0 Å². The molecule has 3 rings (SSSR count). The number of ether oxygens (including phenoxy) is 2. The fourth-order valence-corrected chi connectivity index (χ4v) is 4.14. The Morgan fingerprint density at radius 3 is 2.32 bits per heavy atom. The third-order valence-corrected chi connectivity index (χ3v) is 6.12. The third kappa shape index (κ3) is 3.18. The molecule has 0 spiro atoms. The van der Waals surface area contributed by atoms with Gasteiger partial charge >= 0.3 is 6.09 Å². The van der Waals surface area contributed by atoms with Crippen molar-refractivity contribution in [2.45, 2.75) is 10.5 Å². The molecule has 1 unspecified atom stereocenters. The van der Waals surface area contributed by atoms with E-state index in [0.29, 0.717) is 15.6 Å². The summed E-state index contributed by atoms with van der Waals surface area (Å²) in [6.07, 6.45) is 0.298. The number of non-ortho nitro benzene ring substituents is 1. The molecule has 28 heavy (non-hydrogen) atoms. The maximum atomic E-state index is 12.9. The average Bonchev–Trinajstić information content (AvgIpc) is 3.06. The van der Waals surface area contributed by atoms with Crippen LogP contribution in [0.4, 0.5) is 10.5 Å². The summed E-state index contributed by atoms with van der Waals surface area (Å²) >= 11 is 0. The van der Waals surface area contributed by atoms with Crippen LogP contribution in [0.25, 0.3) is 0 Å². The Kier molecular flexibility index (Phi) is 4.82. The molecule has 1 heterocycles. The van der Waals surface area contributed by atoms with E-state index in [1.54, 1.807) is 24.3 Å². The minimum atomic E-state index is -4.27. The number of nitro benzene ring substituents is 1. The van der Waals surface area contributed by atoms with Crippen LogP contribution in [0, 0.1) is 10.1 Å². The number of methoxy groups -OCH3 is 1. The van der Waals surface area contributed by atoms with Crippen molar-refractivity contribution < 1.29 is 27.6 Å². The van der Waals surface area contributed by atoms with Crippen LogP contribution in [0.5, 0.6) is 5.75 Å². The number of amides is 1. The van der Waals surface area contributed by atoms with Crippen LogP contribution in [0.3, 0.4) is 0 Å². The molecule has 1 atom stereocenters. The van der Waals surface area contributed by atoms with E-state index in [1.165, 1.54) is 13.2 Å². The van der Waals surface area contributed by atoms with Gasteiger partial charge in [0.2, 0.25) is 0 Å². The third-order valence-electron chi connectivity index (χ3n) is 4.40. The number of rotatable bonds is 6. The van der Waals surface area contributed by atoms with Crippen molar-refractivity contribution in [3.8, 4) is 5.75 Å². The van der Waals surface area contributed by atoms with E-state index < -0.39 is 26.6 Å². The molecule has 0 radical (unpaired) electrons. The van der Waals surface area contributed by atoms with Gasteiger partial charge in [0.15, 0.2) is 5.60 Å². The van der Waals surface area contributed by atoms with Crippen LogP contribution in [0.1, 0.15) is 5.56 Å². The van der Waals surface area contributed by atoms with E-state index in [4.69, 9.17) is 9.47 Å². The Morgan fingerprint density at radius 1 is 1.21 bits per heavy atom. The largest absolute Gasteiger partial charge is 0.497 e. The number of hydrogen-bond donors (Lipinski definition) is 0. The lowest BCUT2D eigenvalue weighted by Gasteiger charge is -2.23. The predicted octanol–water partition coefficient (Wildman–Crippen LogP) is 2.83. The first-order chi connectivity index (χ1) is 13.2. The summed E-state index contributed by atoms with van der Waals surface area (Å²) in [6.45, 7) is 3.37. The lowest BCUT2D eigenvalue weighted by Crippen LogP contribution is -2.34. The molecule has 1 aliphatic rings. The van der Waals surface area contributed by atoms with Gasteiger partial charge in [-0.05, 0) is 30.3 Å². The zero-order chi connectivity index (χ0) is 20.5. The Labute approximate surface area is 161 Å². The number of sulfonamides is 1. The first-order valence-corrected chi connectivity index (χ1v) is 9.46. The van der Waals surface area contributed by atoms with Gasteiger partial charge in [-0.15, -0.1) is 0 Å². The monoisotopic (exact) mass is 404 g/mol. The van der Waals surface area contributed by atoms with E-state index in [0.717, 1.165) is 24.3 Å². The number of hydrogen-bond acceptors (Lipinski definition) is 7. The fraction of sp³-hybridized carbons (Fsp3) is 0.167. The minimum absolute atomic E-state index is 0.260. The van der Waals surface area contributed by atoms with E-state index >= 15 is 0 Å². The molecule has 0 bridgehead atoms. The van der Waals surface area contributed by atoms with Gasteiger partial charge in [-0.1, -0.05) is 18.7 Å². The Balaban J connectivity index is 1.95. The van der Waals surface area contributed by atoms with Crippen LogP contribution in [-0.4, -0.2) is 37.4 Å². The second-order valence-electron chi connectivity index (χ2n) is 5.95. The standard InChI is InChI=1S/C18H16N2O7S/c1-3-18(13-4-8-15(26-2)9-5-13)12-19(17(21)27-18)28(24,25)16-10-6-14(7-11-16)20(22)23/h3-11H,1,12H2,2H3. The van der Waals surface area contributed by atoms with Gasteiger partial charge in [-0.2, -0.15) is 4.31 Å². The lowest BCUT2D eigenvalue weighted by molar-refractivity contribution is -0.384. The molecule has 0 saturated carbocycles. The maximum Gasteiger partial charge on any atom is 0.425 e. The first kappa shape index (κ1) is 19.4. The zero-order valence-electron chi connectivity index (χ0n) is 14.8. The van der Waals surface area contributed by atoms with Crippen LogP contribution in [0.2, 0.25) is 0 Å². The van der Waals surface area contributed by atoms with Crippen molar-refractivity contribution in [2.75, 3.05) is 13.7 Å². The summed E-state index contributed by atoms with van der Waals surface area (Å²) in [4.78, 5) is 22.2. The number of nitro groups is 1. The van der Waals surface area contributed by atoms with Crippen molar-refractivity contribution >= 4 is 21.8 Å². The smallest absolute Gasteiger partial charge is 0.425 e. The van der Waals surface area contributed by atoms with Crippen molar-refractivity contribution in [3.63, 3.8) is 0 Å². The number of carbonyl (C=O) groups excluding carboxylic acids is 1. The highest BCUT2D eigenvalue weighted by Crippen LogP contribution is 2.37. The van der Waals surface area contributed by atoms with Gasteiger partial charge in [0.25, 0.3) is 15.7 Å². The molecule has 1 saturated heterocycles. The van der Waals surface area contributed by atoms with Crippen LogP contribution in [-0.2, 0) is 20.4 Å². The number of nitrogens with zero attached hydrogens (tertiary/aromatic N) is 2. The quantitative estimate of drug-likeness (QED) is 0.413. The molecule has 2 aromatic carbocycles. The predicted molar refractivity (Wildman–Crippen MR) is 98.3 cm³/mol. The molecule has 1 aliphatic heterocycles. The van der Waals surface area contributed by atoms with Gasteiger partial charge in [0.1, 0.15) is 5.75 Å². The first-order valence-electron chi connectivity index (χ1n) is 8.02. The molecule has 0 aliphatic carbocycles. The Bertz CT molecular complexity index is 1030. The summed E-state index contributed by atoms with van der Waals surface area (Å²) < 4.78 is 36.8. The maximum absolute atomic E-state index is 12.9. The second-order valence-corrected chi connectivity index (χ2v) is 7.82. The molecule has 146 valence electrons. The van der Waals surface area contributed by atoms with Crippen LogP contribution >= 0.6 is 0 Å². The highest BCUT2D eigenvalue weighted by atomic mass is 32.2. The fourth-order valence-electron chi connectivity index (χ4n) is 2.81. The average molecular weight is 404 g/mol. The molecule has 0 aromatic heterocycles. The highest BCUT2D eigenvalue weighted by Gasteiger charge is 2.49. The van der Waals surface area contributed by atoms with Crippen molar-refractivity contribution in [2.24, 2.45) is 0 Å². The molecule has 2 aromatic rings. The topological polar surface area (TPSA) is 116 Å². The van der Waals surface area contributed by atoms with Gasteiger partial charge in [0, 0.05) is 17.7 Å². The summed E-state index contributed by atoms with van der Waals surface area (Å²) in [7, 11) is -2.76. The molecular weight excluding hydrogens is 388 g/mol. The van der Waals surface area contributed by atoms with E-state index in [2.05, 4.69) is 6.58 Å². The second kappa shape index (κ2) is 6.97. The molecule has 0 N–H and O–H groups in total. The van der Waals surface area contributed by atoms with E-state index in [9.17, 15) is 23.3 Å². The van der Waals surface area contributed by atoms with Gasteiger partial charge in [0.05, 0.1) is 23.5 Å². The van der Waals surface area contributed by atoms with Crippen molar-refractivity contribution in [1.82, 2.24) is 4.31 Å². The summed E-state index contributed by atoms with van der Waals surface area (Å²) in [6, 6.07) is 10.9. The highest BCUT2D eigenvalue weighted by molar-refractivity contribution is 7.89. The van der Waals surface area contributed by atoms with Crippen LogP contribution < -0.4 is 4.74 Å². The molecule has 1 fully saturated rings. The van der Waals surface area contributed by atoms with Gasteiger partial charge in [-0.3, -0.25) is 10.1 Å². The van der Waals surface area contributed by atoms with Crippen LogP contribution in [0.15, 0.2) is 66.1 Å². The number of cyclic esters (lactones) is 1. The minimum Gasteiger partial charge on any atom is -0.497 e. The van der Waals surface area contributed by atoms with E-state index in [1.807, 2.05) is 0 Å². The number of carbonyl (C=O) groups is 1. The molecule has 1 amide bonds. The SMILES string of the molecule is C=CC1(c2ccc(OC)cc2)CN(S(=O)(=O)c2ccc([N+](=O)[O-])cc2)C(=O)O1. The van der Waals surface area contributed by atoms with Gasteiger partial charge in [-0.25, -0.2) is 13.2 Å². The van der Waals surface area contributed by atoms with E-state index in [-0.39, 0.29) is 17.1 Å². The molecule has 10 heteroatoms. The normalized spacial score (nSPS) is 19.2. The van der Waals surface area contributed by atoms with Gasteiger partial charge < -0.3 is 9.47 Å². The molecule has 9 nitrogen and oxygen atoms in total.